The number of carbonyl (C=O) groups excluding carboxylic acids is 2. The summed E-state index contributed by atoms with van der Waals surface area (Å²) in [5.41, 5.74) is 0. The van der Waals surface area contributed by atoms with E-state index in [1.165, 1.54) is 199 Å². The molecule has 0 aromatic heterocycles. The first-order valence-electron chi connectivity index (χ1n) is 21.5. The van der Waals surface area contributed by atoms with Gasteiger partial charge in [-0.2, -0.15) is 0 Å². The second-order valence-corrected chi connectivity index (χ2v) is 17.0. The zero-order valence-electron chi connectivity index (χ0n) is 32.6. The molecule has 3 atom stereocenters. The largest absolute Gasteiger partial charge is 0.392 e. The van der Waals surface area contributed by atoms with Crippen molar-refractivity contribution < 1.29 is 18.9 Å². The standard InChI is InChI=1S/C43H81NO4S/c1-3-4-5-6-7-8-9-10-11-12-13-14-15-16-17-18-19-20-21-22-23-24-25-26-27-28-29-30-31-32-33-34-35-36-37-44-42(46)38-41(43(44)47)49(48)39-40(2)45/h36-37,40-41,45H,3-35,38-39H2,1-2H3/b37-36+. The Morgan fingerprint density at radius 3 is 1.20 bits per heavy atom. The lowest BCUT2D eigenvalue weighted by Gasteiger charge is -2.11. The van der Waals surface area contributed by atoms with Gasteiger partial charge in [0.15, 0.2) is 0 Å². The molecule has 0 spiro atoms. The predicted octanol–water partition coefficient (Wildman–Crippen LogP) is 12.7. The van der Waals surface area contributed by atoms with Crippen LogP contribution in [0, 0.1) is 0 Å². The number of imide groups is 1. The van der Waals surface area contributed by atoms with Crippen LogP contribution in [0.25, 0.3) is 0 Å². The van der Waals surface area contributed by atoms with Crippen LogP contribution in [0.5, 0.6) is 0 Å². The molecule has 1 rings (SSSR count). The maximum atomic E-state index is 12.4. The number of carbonyl (C=O) groups is 2. The number of nitrogens with zero attached hydrogens (tertiary/aromatic N) is 1. The molecule has 3 unspecified atom stereocenters. The lowest BCUT2D eigenvalue weighted by Crippen LogP contribution is -2.31. The smallest absolute Gasteiger partial charge is 0.249 e. The monoisotopic (exact) mass is 708 g/mol. The Hall–Kier alpha value is -1.01. The van der Waals surface area contributed by atoms with Gasteiger partial charge in [0.2, 0.25) is 11.8 Å². The van der Waals surface area contributed by atoms with Crippen LogP contribution < -0.4 is 0 Å². The van der Waals surface area contributed by atoms with E-state index in [-0.39, 0.29) is 18.1 Å². The minimum Gasteiger partial charge on any atom is -0.392 e. The molecule has 1 saturated heterocycles. The van der Waals surface area contributed by atoms with Crippen molar-refractivity contribution in [2.24, 2.45) is 0 Å². The molecule has 1 heterocycles. The number of amides is 2. The number of hydrogen-bond acceptors (Lipinski definition) is 4. The van der Waals surface area contributed by atoms with Gasteiger partial charge in [0, 0.05) is 17.0 Å². The fraction of sp³-hybridized carbons (Fsp3) is 0.907. The van der Waals surface area contributed by atoms with E-state index >= 15 is 0 Å². The van der Waals surface area contributed by atoms with E-state index in [9.17, 15) is 18.9 Å². The Labute approximate surface area is 307 Å². The van der Waals surface area contributed by atoms with Gasteiger partial charge in [-0.25, -0.2) is 0 Å². The van der Waals surface area contributed by atoms with Crippen LogP contribution >= 0.6 is 0 Å². The summed E-state index contributed by atoms with van der Waals surface area (Å²) >= 11 is 0. The van der Waals surface area contributed by atoms with E-state index in [0.717, 1.165) is 17.7 Å². The molecule has 0 bridgehead atoms. The van der Waals surface area contributed by atoms with Crippen molar-refractivity contribution in [3.05, 3.63) is 12.3 Å². The Bertz CT molecular complexity index is 829. The first kappa shape index (κ1) is 46.0. The summed E-state index contributed by atoms with van der Waals surface area (Å²) in [5.74, 6) is -0.663. The summed E-state index contributed by atoms with van der Waals surface area (Å²) in [5, 5.41) is 8.60. The Morgan fingerprint density at radius 2 is 0.898 bits per heavy atom. The summed E-state index contributed by atoms with van der Waals surface area (Å²) in [6.45, 7) is 3.84. The fourth-order valence-corrected chi connectivity index (χ4v) is 8.53. The van der Waals surface area contributed by atoms with E-state index in [1.54, 1.807) is 13.1 Å². The van der Waals surface area contributed by atoms with Crippen LogP contribution in [-0.4, -0.2) is 43.1 Å². The van der Waals surface area contributed by atoms with Crippen LogP contribution in [0.15, 0.2) is 12.3 Å². The summed E-state index contributed by atoms with van der Waals surface area (Å²) < 4.78 is 12.2. The van der Waals surface area contributed by atoms with E-state index in [1.807, 2.05) is 6.08 Å². The molecule has 1 fully saturated rings. The molecule has 0 radical (unpaired) electrons. The Morgan fingerprint density at radius 1 is 0.592 bits per heavy atom. The van der Waals surface area contributed by atoms with Gasteiger partial charge in [-0.3, -0.25) is 18.7 Å². The molecule has 49 heavy (non-hydrogen) atoms. The lowest BCUT2D eigenvalue weighted by atomic mass is 10.0. The first-order valence-corrected chi connectivity index (χ1v) is 22.9. The van der Waals surface area contributed by atoms with Crippen LogP contribution in [0.3, 0.4) is 0 Å². The number of unbranched alkanes of at least 4 members (excludes halogenated alkanes) is 32. The third kappa shape index (κ3) is 27.3. The predicted molar refractivity (Wildman–Crippen MR) is 212 cm³/mol. The maximum absolute atomic E-state index is 12.4. The molecule has 1 aliphatic rings. The van der Waals surface area contributed by atoms with Gasteiger partial charge < -0.3 is 5.11 Å². The Balaban J connectivity index is 1.74. The maximum Gasteiger partial charge on any atom is 0.249 e. The molecule has 1 aliphatic heterocycles. The van der Waals surface area contributed by atoms with Gasteiger partial charge in [0.1, 0.15) is 5.25 Å². The topological polar surface area (TPSA) is 74.7 Å². The van der Waals surface area contributed by atoms with Gasteiger partial charge in [0.05, 0.1) is 18.3 Å². The SMILES string of the molecule is CCCCCCCCCCCCCCCCCCCCCCCCCCCCCCCCCC/C=C/N1C(=O)CC(S(=O)CC(C)O)C1=O. The number of likely N-dealkylation sites (tertiary alicyclic amines) is 1. The molecule has 1 N–H and O–H groups in total. The summed E-state index contributed by atoms with van der Waals surface area (Å²) in [7, 11) is -1.52. The van der Waals surface area contributed by atoms with Crippen LogP contribution in [0.1, 0.15) is 232 Å². The van der Waals surface area contributed by atoms with Gasteiger partial charge in [-0.05, 0) is 19.8 Å². The fourth-order valence-electron chi connectivity index (χ4n) is 7.16. The van der Waals surface area contributed by atoms with Gasteiger partial charge in [0.25, 0.3) is 0 Å². The third-order valence-electron chi connectivity index (χ3n) is 10.3. The van der Waals surface area contributed by atoms with Gasteiger partial charge >= 0.3 is 0 Å². The zero-order chi connectivity index (χ0) is 35.6. The molecule has 0 saturated carbocycles. The molecule has 0 aromatic carbocycles. The van der Waals surface area contributed by atoms with Crippen molar-refractivity contribution in [2.45, 2.75) is 244 Å². The highest BCUT2D eigenvalue weighted by Crippen LogP contribution is 2.20. The average molecular weight is 708 g/mol. The third-order valence-corrected chi connectivity index (χ3v) is 12.2. The van der Waals surface area contributed by atoms with E-state index in [4.69, 9.17) is 0 Å². The zero-order valence-corrected chi connectivity index (χ0v) is 33.4. The molecule has 2 amide bonds. The van der Waals surface area contributed by atoms with E-state index in [0.29, 0.717) is 0 Å². The normalized spacial score (nSPS) is 16.4. The molecule has 6 heteroatoms. The van der Waals surface area contributed by atoms with Crippen molar-refractivity contribution in [1.82, 2.24) is 4.90 Å². The number of aliphatic hydroxyl groups excluding tert-OH is 1. The highest BCUT2D eigenvalue weighted by atomic mass is 32.2. The second-order valence-electron chi connectivity index (χ2n) is 15.3. The quantitative estimate of drug-likeness (QED) is 0.0515. The highest BCUT2D eigenvalue weighted by Gasteiger charge is 2.41. The highest BCUT2D eigenvalue weighted by molar-refractivity contribution is 7.86. The molecular formula is C43H81NO4S. The number of rotatable bonds is 37. The molecule has 5 nitrogen and oxygen atoms in total. The summed E-state index contributed by atoms with van der Waals surface area (Å²) in [6.07, 6.45) is 48.6. The van der Waals surface area contributed by atoms with Crippen LogP contribution in [-0.2, 0) is 20.4 Å². The van der Waals surface area contributed by atoms with Gasteiger partial charge in [-0.15, -0.1) is 0 Å². The first-order chi connectivity index (χ1) is 24.0. The molecule has 0 aromatic rings. The number of hydrogen-bond donors (Lipinski definition) is 1. The second kappa shape index (κ2) is 34.1. The summed E-state index contributed by atoms with van der Waals surface area (Å²) in [6, 6.07) is 0. The van der Waals surface area contributed by atoms with Crippen LogP contribution in [0.2, 0.25) is 0 Å². The van der Waals surface area contributed by atoms with Crippen molar-refractivity contribution in [3.63, 3.8) is 0 Å². The van der Waals surface area contributed by atoms with E-state index in [2.05, 4.69) is 6.92 Å². The van der Waals surface area contributed by atoms with Crippen molar-refractivity contribution in [1.29, 1.82) is 0 Å². The van der Waals surface area contributed by atoms with Crippen LogP contribution in [0.4, 0.5) is 0 Å². The minimum atomic E-state index is -1.52. The Kier molecular flexibility index (Phi) is 32.0. The molecule has 0 aliphatic carbocycles. The average Bonchev–Trinajstić information content (AvgIpc) is 3.37. The minimum absolute atomic E-state index is 0.0256. The number of aliphatic hydroxyl groups is 1. The summed E-state index contributed by atoms with van der Waals surface area (Å²) in [4.78, 5) is 25.7. The number of allylic oxidation sites excluding steroid dienone is 1. The van der Waals surface area contributed by atoms with Crippen molar-refractivity contribution in [3.8, 4) is 0 Å². The molecule has 288 valence electrons. The lowest BCUT2D eigenvalue weighted by molar-refractivity contribution is -0.135. The molecular weight excluding hydrogens is 627 g/mol. The van der Waals surface area contributed by atoms with Crippen molar-refractivity contribution in [2.75, 3.05) is 5.75 Å². The van der Waals surface area contributed by atoms with Crippen molar-refractivity contribution >= 4 is 22.6 Å². The van der Waals surface area contributed by atoms with E-state index < -0.39 is 28.1 Å². The van der Waals surface area contributed by atoms with Gasteiger partial charge in [-0.1, -0.05) is 212 Å².